The molecule has 1 aromatic rings. The van der Waals surface area contributed by atoms with E-state index in [0.717, 1.165) is 31.2 Å². The standard InChI is InChI=1S/C9H18N4O/c1-7(6-14-3)10-5-4-9-11-8(2)12-13-9/h7,10H,4-6H2,1-3H3,(H,11,12,13). The van der Waals surface area contributed by atoms with E-state index in [-0.39, 0.29) is 0 Å². The smallest absolute Gasteiger partial charge is 0.151 e. The summed E-state index contributed by atoms with van der Waals surface area (Å²) in [5, 5.41) is 10.2. The number of hydrogen-bond donors (Lipinski definition) is 2. The van der Waals surface area contributed by atoms with Gasteiger partial charge in [-0.15, -0.1) is 0 Å². The Labute approximate surface area is 84.3 Å². The van der Waals surface area contributed by atoms with Crippen LogP contribution in [0.15, 0.2) is 0 Å². The lowest BCUT2D eigenvalue weighted by Gasteiger charge is -2.11. The van der Waals surface area contributed by atoms with Crippen molar-refractivity contribution in [3.63, 3.8) is 0 Å². The quantitative estimate of drug-likeness (QED) is 0.689. The maximum atomic E-state index is 5.01. The molecule has 1 atom stereocenters. The number of hydrogen-bond acceptors (Lipinski definition) is 4. The van der Waals surface area contributed by atoms with Crippen LogP contribution in [0.25, 0.3) is 0 Å². The minimum Gasteiger partial charge on any atom is -0.383 e. The van der Waals surface area contributed by atoms with Crippen LogP contribution in [0.3, 0.4) is 0 Å². The van der Waals surface area contributed by atoms with Gasteiger partial charge in [0.1, 0.15) is 5.82 Å². The van der Waals surface area contributed by atoms with Gasteiger partial charge in [0.05, 0.1) is 6.61 Å². The molecular weight excluding hydrogens is 180 g/mol. The van der Waals surface area contributed by atoms with Gasteiger partial charge in [-0.05, 0) is 13.8 Å². The molecule has 0 fully saturated rings. The fraction of sp³-hybridized carbons (Fsp3) is 0.778. The van der Waals surface area contributed by atoms with Crippen molar-refractivity contribution in [2.75, 3.05) is 20.3 Å². The second-order valence-corrected chi connectivity index (χ2v) is 3.40. The zero-order chi connectivity index (χ0) is 10.4. The Kier molecular flexibility index (Phi) is 4.55. The summed E-state index contributed by atoms with van der Waals surface area (Å²) in [6.07, 6.45) is 0.846. The molecule has 0 aliphatic rings. The number of rotatable bonds is 6. The summed E-state index contributed by atoms with van der Waals surface area (Å²) in [6, 6.07) is 0.375. The van der Waals surface area contributed by atoms with E-state index < -0.39 is 0 Å². The molecule has 0 radical (unpaired) electrons. The predicted molar refractivity (Wildman–Crippen MR) is 54.2 cm³/mol. The van der Waals surface area contributed by atoms with Gasteiger partial charge in [0.25, 0.3) is 0 Å². The van der Waals surface area contributed by atoms with E-state index >= 15 is 0 Å². The number of methoxy groups -OCH3 is 1. The molecule has 0 saturated carbocycles. The monoisotopic (exact) mass is 198 g/mol. The first-order chi connectivity index (χ1) is 6.72. The Morgan fingerprint density at radius 3 is 2.93 bits per heavy atom. The molecule has 2 N–H and O–H groups in total. The highest BCUT2D eigenvalue weighted by atomic mass is 16.5. The van der Waals surface area contributed by atoms with E-state index in [4.69, 9.17) is 4.74 Å². The molecule has 1 aromatic heterocycles. The van der Waals surface area contributed by atoms with E-state index in [9.17, 15) is 0 Å². The predicted octanol–water partition coefficient (Wildman–Crippen LogP) is 0.280. The molecular formula is C9H18N4O. The normalized spacial score (nSPS) is 13.1. The minimum absolute atomic E-state index is 0.375. The summed E-state index contributed by atoms with van der Waals surface area (Å²) in [5.41, 5.74) is 0. The Hall–Kier alpha value is -0.940. The topological polar surface area (TPSA) is 62.8 Å². The second kappa shape index (κ2) is 5.72. The Morgan fingerprint density at radius 1 is 1.57 bits per heavy atom. The van der Waals surface area contributed by atoms with Crippen LogP contribution in [0.2, 0.25) is 0 Å². The Bertz CT molecular complexity index is 261. The number of aromatic amines is 1. The van der Waals surface area contributed by atoms with Crippen LogP contribution < -0.4 is 5.32 Å². The molecule has 0 aliphatic carbocycles. The van der Waals surface area contributed by atoms with Crippen LogP contribution in [0, 0.1) is 6.92 Å². The minimum atomic E-state index is 0.375. The molecule has 14 heavy (non-hydrogen) atoms. The molecule has 1 heterocycles. The molecule has 0 aromatic carbocycles. The van der Waals surface area contributed by atoms with Crippen LogP contribution in [0.4, 0.5) is 0 Å². The first-order valence-corrected chi connectivity index (χ1v) is 4.82. The molecule has 80 valence electrons. The molecule has 0 aliphatic heterocycles. The van der Waals surface area contributed by atoms with Crippen molar-refractivity contribution in [1.29, 1.82) is 0 Å². The first-order valence-electron chi connectivity index (χ1n) is 4.82. The average Bonchev–Trinajstić information content (AvgIpc) is 2.52. The molecule has 1 rings (SSSR count). The van der Waals surface area contributed by atoms with Crippen molar-refractivity contribution in [1.82, 2.24) is 20.5 Å². The van der Waals surface area contributed by atoms with Crippen LogP contribution in [0.1, 0.15) is 18.6 Å². The molecule has 0 saturated heterocycles. The van der Waals surface area contributed by atoms with Crippen LogP contribution in [0.5, 0.6) is 0 Å². The number of nitrogens with one attached hydrogen (secondary N) is 2. The van der Waals surface area contributed by atoms with Gasteiger partial charge >= 0.3 is 0 Å². The summed E-state index contributed by atoms with van der Waals surface area (Å²) in [7, 11) is 1.71. The average molecular weight is 198 g/mol. The van der Waals surface area contributed by atoms with Crippen molar-refractivity contribution >= 4 is 0 Å². The van der Waals surface area contributed by atoms with Crippen molar-refractivity contribution in [3.05, 3.63) is 11.6 Å². The lowest BCUT2D eigenvalue weighted by molar-refractivity contribution is 0.172. The summed E-state index contributed by atoms with van der Waals surface area (Å²) in [4.78, 5) is 4.22. The molecule has 0 bridgehead atoms. The molecule has 1 unspecified atom stereocenters. The SMILES string of the molecule is COCC(C)NCCc1n[nH]c(C)n1. The number of aromatic nitrogens is 3. The summed E-state index contributed by atoms with van der Waals surface area (Å²) in [6.45, 7) is 5.60. The number of H-pyrrole nitrogens is 1. The van der Waals surface area contributed by atoms with Crippen LogP contribution in [-0.2, 0) is 11.2 Å². The maximum absolute atomic E-state index is 5.01. The van der Waals surface area contributed by atoms with Crippen LogP contribution in [-0.4, -0.2) is 41.5 Å². The van der Waals surface area contributed by atoms with Gasteiger partial charge in [0.2, 0.25) is 0 Å². The van der Waals surface area contributed by atoms with Crippen molar-refractivity contribution in [2.45, 2.75) is 26.3 Å². The third-order valence-electron chi connectivity index (χ3n) is 1.90. The highest BCUT2D eigenvalue weighted by molar-refractivity contribution is 4.88. The summed E-state index contributed by atoms with van der Waals surface area (Å²) < 4.78 is 5.01. The molecule has 0 amide bonds. The van der Waals surface area contributed by atoms with E-state index in [1.807, 2.05) is 6.92 Å². The molecule has 0 spiro atoms. The van der Waals surface area contributed by atoms with Gasteiger partial charge in [0.15, 0.2) is 5.82 Å². The van der Waals surface area contributed by atoms with E-state index in [1.54, 1.807) is 7.11 Å². The zero-order valence-corrected chi connectivity index (χ0v) is 9.00. The maximum Gasteiger partial charge on any atom is 0.151 e. The lowest BCUT2D eigenvalue weighted by atomic mass is 10.3. The third-order valence-corrected chi connectivity index (χ3v) is 1.90. The van der Waals surface area contributed by atoms with Crippen LogP contribution >= 0.6 is 0 Å². The lowest BCUT2D eigenvalue weighted by Crippen LogP contribution is -2.31. The molecule has 5 nitrogen and oxygen atoms in total. The zero-order valence-electron chi connectivity index (χ0n) is 9.00. The van der Waals surface area contributed by atoms with Gasteiger partial charge < -0.3 is 10.1 Å². The summed E-state index contributed by atoms with van der Waals surface area (Å²) in [5.74, 6) is 1.73. The number of ether oxygens (including phenoxy) is 1. The van der Waals surface area contributed by atoms with Gasteiger partial charge in [-0.25, -0.2) is 4.98 Å². The van der Waals surface area contributed by atoms with Crippen molar-refractivity contribution in [3.8, 4) is 0 Å². The van der Waals surface area contributed by atoms with Gasteiger partial charge in [-0.3, -0.25) is 5.10 Å². The second-order valence-electron chi connectivity index (χ2n) is 3.40. The number of aryl methyl sites for hydroxylation is 1. The van der Waals surface area contributed by atoms with Gasteiger partial charge in [-0.2, -0.15) is 5.10 Å². The largest absolute Gasteiger partial charge is 0.383 e. The van der Waals surface area contributed by atoms with Gasteiger partial charge in [0, 0.05) is 26.1 Å². The first kappa shape index (κ1) is 11.1. The van der Waals surface area contributed by atoms with Crippen molar-refractivity contribution < 1.29 is 4.74 Å². The van der Waals surface area contributed by atoms with Gasteiger partial charge in [-0.1, -0.05) is 0 Å². The molecule has 5 heteroatoms. The van der Waals surface area contributed by atoms with E-state index in [1.165, 1.54) is 0 Å². The summed E-state index contributed by atoms with van der Waals surface area (Å²) >= 11 is 0. The third kappa shape index (κ3) is 3.85. The fourth-order valence-electron chi connectivity index (χ4n) is 1.24. The fourth-order valence-corrected chi connectivity index (χ4v) is 1.24. The number of nitrogens with zero attached hydrogens (tertiary/aromatic N) is 2. The van der Waals surface area contributed by atoms with E-state index in [2.05, 4.69) is 27.4 Å². The Morgan fingerprint density at radius 2 is 2.36 bits per heavy atom. The highest BCUT2D eigenvalue weighted by Crippen LogP contribution is 1.91. The highest BCUT2D eigenvalue weighted by Gasteiger charge is 2.02. The van der Waals surface area contributed by atoms with Crippen molar-refractivity contribution in [2.24, 2.45) is 0 Å². The van der Waals surface area contributed by atoms with E-state index in [0.29, 0.717) is 6.04 Å². The Balaban J connectivity index is 2.15.